The second-order valence-electron chi connectivity index (χ2n) is 0.788. The van der Waals surface area contributed by atoms with Gasteiger partial charge < -0.3 is 0 Å². The molecule has 5 heteroatoms. The molecular weight excluding hydrogens is 163 g/mol. The molecule has 0 radical (unpaired) electrons. The van der Waals surface area contributed by atoms with E-state index in [4.69, 9.17) is 0 Å². The maximum atomic E-state index is 9.83. The molecule has 4 nitrogen and oxygen atoms in total. The fourth-order valence-corrected chi connectivity index (χ4v) is 0.0519. The van der Waals surface area contributed by atoms with E-state index in [9.17, 15) is 9.59 Å². The fourth-order valence-electron chi connectivity index (χ4n) is 0.0519. The summed E-state index contributed by atoms with van der Waals surface area (Å²) in [6.45, 7) is 0. The summed E-state index contributed by atoms with van der Waals surface area (Å²) in [5.41, 5.74) is 4.59. The first kappa shape index (κ1) is 6.46. The van der Waals surface area contributed by atoms with Crippen LogP contribution in [-0.2, 0) is 4.79 Å². The Morgan fingerprint density at radius 2 is 2.29 bits per heavy atom. The topological polar surface area (TPSA) is 63.4 Å². The molecule has 0 saturated heterocycles. The van der Waals surface area contributed by atoms with Crippen molar-refractivity contribution in [2.45, 2.75) is 0 Å². The van der Waals surface area contributed by atoms with Crippen LogP contribution in [-0.4, -0.2) is 32.6 Å². The van der Waals surface area contributed by atoms with Gasteiger partial charge in [0.2, 0.25) is 0 Å². The van der Waals surface area contributed by atoms with Crippen LogP contribution in [0.15, 0.2) is 0 Å². The van der Waals surface area contributed by atoms with Crippen LogP contribution in [0.25, 0.3) is 0 Å². The average molecular weight is 167 g/mol. The molecule has 2 N–H and O–H groups in total. The SMILES string of the molecule is NC(=O)N([SeH])C=O. The van der Waals surface area contributed by atoms with E-state index in [1.54, 1.807) is 16.2 Å². The van der Waals surface area contributed by atoms with Crippen molar-refractivity contribution in [3.63, 3.8) is 0 Å². The van der Waals surface area contributed by atoms with E-state index in [2.05, 4.69) is 5.73 Å². The Balaban J connectivity index is 3.55. The molecule has 0 aromatic rings. The Kier molecular flexibility index (Phi) is 2.40. The Hall–Kier alpha value is -0.541. The van der Waals surface area contributed by atoms with E-state index in [0.717, 1.165) is 0 Å². The third kappa shape index (κ3) is 2.19. The first-order valence-electron chi connectivity index (χ1n) is 1.41. The first-order chi connectivity index (χ1) is 3.18. The van der Waals surface area contributed by atoms with Crippen molar-refractivity contribution in [1.29, 1.82) is 0 Å². The molecule has 0 heterocycles. The molecule has 40 valence electrons. The van der Waals surface area contributed by atoms with Gasteiger partial charge in [0.05, 0.1) is 0 Å². The van der Waals surface area contributed by atoms with Crippen molar-refractivity contribution in [2.75, 3.05) is 0 Å². The third-order valence-corrected chi connectivity index (χ3v) is 0.937. The molecule has 0 aliphatic rings. The summed E-state index contributed by atoms with van der Waals surface area (Å²) in [6.07, 6.45) is 0.322. The molecule has 0 unspecified atom stereocenters. The summed E-state index contributed by atoms with van der Waals surface area (Å²) < 4.78 is 0.688. The van der Waals surface area contributed by atoms with Gasteiger partial charge in [0.25, 0.3) is 0 Å². The number of rotatable bonds is 1. The summed E-state index contributed by atoms with van der Waals surface area (Å²) in [5.74, 6) is 0. The normalized spacial score (nSPS) is 7.57. The van der Waals surface area contributed by atoms with Crippen molar-refractivity contribution in [1.82, 2.24) is 3.92 Å². The summed E-state index contributed by atoms with van der Waals surface area (Å²) in [5, 5.41) is 0. The minimum absolute atomic E-state index is 0.322. The number of carbonyl (C=O) groups excluding carboxylic acids is 2. The third-order valence-electron chi connectivity index (χ3n) is 0.326. The van der Waals surface area contributed by atoms with Gasteiger partial charge in [0, 0.05) is 0 Å². The molecule has 0 atom stereocenters. The van der Waals surface area contributed by atoms with E-state index in [1.165, 1.54) is 0 Å². The van der Waals surface area contributed by atoms with Crippen molar-refractivity contribution in [2.24, 2.45) is 5.73 Å². The molecule has 0 aromatic carbocycles. The number of imide groups is 1. The molecular formula is C2H4N2O2Se. The van der Waals surface area contributed by atoms with Gasteiger partial charge in [-0.1, -0.05) is 0 Å². The van der Waals surface area contributed by atoms with Crippen LogP contribution in [0, 0.1) is 0 Å². The fraction of sp³-hybridized carbons (Fsp3) is 0. The van der Waals surface area contributed by atoms with E-state index >= 15 is 0 Å². The van der Waals surface area contributed by atoms with Crippen LogP contribution in [0.2, 0.25) is 0 Å². The van der Waals surface area contributed by atoms with Crippen LogP contribution < -0.4 is 5.73 Å². The predicted octanol–water partition coefficient (Wildman–Crippen LogP) is -1.66. The zero-order valence-corrected chi connectivity index (χ0v) is 5.24. The van der Waals surface area contributed by atoms with Crippen molar-refractivity contribution in [3.8, 4) is 0 Å². The predicted molar refractivity (Wildman–Crippen MR) is 24.6 cm³/mol. The van der Waals surface area contributed by atoms with Gasteiger partial charge in [0.15, 0.2) is 0 Å². The second kappa shape index (κ2) is 2.60. The minimum atomic E-state index is -0.769. The Labute approximate surface area is 48.7 Å². The number of hydrogen-bond acceptors (Lipinski definition) is 2. The number of nitrogens with two attached hydrogens (primary N) is 1. The monoisotopic (exact) mass is 168 g/mol. The second-order valence-corrected chi connectivity index (χ2v) is 1.69. The van der Waals surface area contributed by atoms with Gasteiger partial charge in [0.1, 0.15) is 0 Å². The van der Waals surface area contributed by atoms with Crippen LogP contribution >= 0.6 is 0 Å². The van der Waals surface area contributed by atoms with Gasteiger partial charge in [-0.25, -0.2) is 0 Å². The molecule has 0 aromatic heterocycles. The van der Waals surface area contributed by atoms with Gasteiger partial charge in [-0.05, 0) is 0 Å². The van der Waals surface area contributed by atoms with Gasteiger partial charge in [-0.3, -0.25) is 0 Å². The molecule has 0 fully saturated rings. The van der Waals surface area contributed by atoms with Crippen LogP contribution in [0.3, 0.4) is 0 Å². The summed E-state index contributed by atoms with van der Waals surface area (Å²) in [7, 11) is 0. The van der Waals surface area contributed by atoms with E-state index < -0.39 is 6.03 Å². The van der Waals surface area contributed by atoms with Crippen molar-refractivity contribution < 1.29 is 9.59 Å². The standard InChI is InChI=1S/C2H4N2O2Se/c3-2(6)4(7)1-5/h1,7H,(H2,3,6). The average Bonchev–Trinajstić information content (AvgIpc) is 1.65. The molecule has 0 rings (SSSR count). The van der Waals surface area contributed by atoms with Crippen molar-refractivity contribution in [3.05, 3.63) is 0 Å². The first-order valence-corrected chi connectivity index (χ1v) is 2.25. The molecule has 0 saturated carbocycles. The number of nitrogens with zero attached hydrogens (tertiary/aromatic N) is 1. The van der Waals surface area contributed by atoms with Gasteiger partial charge in [-0.15, -0.1) is 0 Å². The molecule has 0 bridgehead atoms. The number of hydrogen-bond donors (Lipinski definition) is 1. The van der Waals surface area contributed by atoms with Crippen LogP contribution in [0.4, 0.5) is 4.79 Å². The van der Waals surface area contributed by atoms with Crippen molar-refractivity contribution >= 4 is 28.7 Å². The van der Waals surface area contributed by atoms with E-state index in [1.807, 2.05) is 0 Å². The molecule has 7 heavy (non-hydrogen) atoms. The van der Waals surface area contributed by atoms with E-state index in [-0.39, 0.29) is 0 Å². The quantitative estimate of drug-likeness (QED) is 0.375. The zero-order chi connectivity index (χ0) is 5.86. The number of carbonyl (C=O) groups is 2. The number of primary amides is 1. The summed E-state index contributed by atoms with van der Waals surface area (Å²) in [4.78, 5) is 19.4. The number of amides is 3. The molecule has 0 aliphatic carbocycles. The zero-order valence-electron chi connectivity index (χ0n) is 3.37. The summed E-state index contributed by atoms with van der Waals surface area (Å²) >= 11 is 1.70. The number of urea groups is 1. The Morgan fingerprint density at radius 1 is 1.86 bits per heavy atom. The molecule has 0 spiro atoms. The van der Waals surface area contributed by atoms with Gasteiger partial charge >= 0.3 is 47.9 Å². The summed E-state index contributed by atoms with van der Waals surface area (Å²) in [6, 6.07) is -0.769. The van der Waals surface area contributed by atoms with E-state index in [0.29, 0.717) is 10.3 Å². The Bertz CT molecular complexity index is 93.7. The van der Waals surface area contributed by atoms with Gasteiger partial charge in [-0.2, -0.15) is 0 Å². The van der Waals surface area contributed by atoms with Crippen LogP contribution in [0.5, 0.6) is 0 Å². The maximum absolute atomic E-state index is 9.83. The Morgan fingerprint density at radius 3 is 2.29 bits per heavy atom. The molecule has 3 amide bonds. The molecule has 0 aliphatic heterocycles. The van der Waals surface area contributed by atoms with Crippen LogP contribution in [0.1, 0.15) is 0 Å².